The number of thiazole rings is 1. The van der Waals surface area contributed by atoms with E-state index in [0.29, 0.717) is 10.2 Å². The molecule has 1 N–H and O–H groups in total. The molecule has 1 amide bonds. The minimum absolute atomic E-state index is 0.0716. The van der Waals surface area contributed by atoms with E-state index in [-0.39, 0.29) is 10.7 Å². The molecule has 0 radical (unpaired) electrons. The average Bonchev–Trinajstić information content (AvgIpc) is 2.69. The van der Waals surface area contributed by atoms with Gasteiger partial charge in [0.25, 0.3) is 0 Å². The lowest BCUT2D eigenvalue weighted by atomic mass is 10.3. The monoisotopic (exact) mass is 332 g/mol. The molecule has 2 rings (SSSR count). The van der Waals surface area contributed by atoms with Gasteiger partial charge in [-0.15, -0.1) is 0 Å². The third kappa shape index (κ3) is 2.97. The van der Waals surface area contributed by atoms with Gasteiger partial charge in [-0.25, -0.2) is 4.98 Å². The zero-order chi connectivity index (χ0) is 12.4. The molecule has 0 saturated carbocycles. The number of halogens is 2. The van der Waals surface area contributed by atoms with Crippen LogP contribution >= 0.6 is 38.9 Å². The van der Waals surface area contributed by atoms with Crippen LogP contribution in [0.5, 0.6) is 0 Å². The molecule has 6 heteroatoms. The molecular weight excluding hydrogens is 324 g/mol. The predicted molar refractivity (Wildman–Crippen MR) is 76.3 cm³/mol. The van der Waals surface area contributed by atoms with Crippen LogP contribution in [0, 0.1) is 0 Å². The molecule has 90 valence electrons. The van der Waals surface area contributed by atoms with Gasteiger partial charge in [-0.1, -0.05) is 45.8 Å². The van der Waals surface area contributed by atoms with Gasteiger partial charge in [0.15, 0.2) is 5.13 Å². The van der Waals surface area contributed by atoms with Gasteiger partial charge < -0.3 is 5.32 Å². The summed E-state index contributed by atoms with van der Waals surface area (Å²) in [6.45, 7) is 1.94. The van der Waals surface area contributed by atoms with Crippen LogP contribution < -0.4 is 5.32 Å². The zero-order valence-electron chi connectivity index (χ0n) is 9.04. The van der Waals surface area contributed by atoms with Gasteiger partial charge in [0, 0.05) is 5.02 Å². The van der Waals surface area contributed by atoms with E-state index in [1.54, 1.807) is 6.07 Å². The van der Waals surface area contributed by atoms with Gasteiger partial charge in [-0.2, -0.15) is 0 Å². The number of hydrogen-bond acceptors (Lipinski definition) is 3. The molecule has 1 unspecified atom stereocenters. The van der Waals surface area contributed by atoms with E-state index in [1.165, 1.54) is 11.3 Å². The Labute approximate surface area is 116 Å². The largest absolute Gasteiger partial charge is 0.301 e. The van der Waals surface area contributed by atoms with Crippen molar-refractivity contribution in [1.29, 1.82) is 0 Å². The van der Waals surface area contributed by atoms with Crippen LogP contribution in [0.4, 0.5) is 5.13 Å². The number of nitrogens with one attached hydrogen (secondary N) is 1. The second-order valence-corrected chi connectivity index (χ2v) is 6.07. The molecule has 17 heavy (non-hydrogen) atoms. The summed E-state index contributed by atoms with van der Waals surface area (Å²) < 4.78 is 0.968. The minimum atomic E-state index is -0.182. The highest BCUT2D eigenvalue weighted by molar-refractivity contribution is 9.10. The molecule has 0 aliphatic carbocycles. The maximum Gasteiger partial charge on any atom is 0.239 e. The van der Waals surface area contributed by atoms with Crippen LogP contribution in [0.3, 0.4) is 0 Å². The molecule has 0 bridgehead atoms. The first-order valence-corrected chi connectivity index (χ1v) is 7.22. The molecule has 0 saturated heterocycles. The maximum absolute atomic E-state index is 11.7. The molecule has 2 aromatic rings. The quantitative estimate of drug-likeness (QED) is 0.861. The van der Waals surface area contributed by atoms with E-state index in [0.717, 1.165) is 16.6 Å². The van der Waals surface area contributed by atoms with Gasteiger partial charge in [-0.3, -0.25) is 4.79 Å². The first-order valence-electron chi connectivity index (χ1n) is 5.11. The van der Waals surface area contributed by atoms with Gasteiger partial charge >= 0.3 is 0 Å². The Morgan fingerprint density at radius 2 is 2.41 bits per heavy atom. The Morgan fingerprint density at radius 3 is 3.12 bits per heavy atom. The van der Waals surface area contributed by atoms with Crippen LogP contribution in [0.15, 0.2) is 18.2 Å². The Bertz CT molecular complexity index is 557. The highest BCUT2D eigenvalue weighted by atomic mass is 79.9. The third-order valence-electron chi connectivity index (χ3n) is 2.22. The highest BCUT2D eigenvalue weighted by Crippen LogP contribution is 2.28. The number of amides is 1. The summed E-state index contributed by atoms with van der Waals surface area (Å²) in [5.74, 6) is -0.0716. The van der Waals surface area contributed by atoms with Crippen LogP contribution in [0.1, 0.15) is 13.3 Å². The number of carbonyl (C=O) groups is 1. The molecule has 0 spiro atoms. The SMILES string of the molecule is CCC(Br)C(=O)Nc1nc2ccc(Cl)cc2s1. The normalized spacial score (nSPS) is 12.6. The second kappa shape index (κ2) is 5.33. The summed E-state index contributed by atoms with van der Waals surface area (Å²) >= 11 is 10.6. The fraction of sp³-hybridized carbons (Fsp3) is 0.273. The van der Waals surface area contributed by atoms with E-state index in [2.05, 4.69) is 26.2 Å². The maximum atomic E-state index is 11.7. The number of aromatic nitrogens is 1. The summed E-state index contributed by atoms with van der Waals surface area (Å²) in [4.78, 5) is 15.8. The van der Waals surface area contributed by atoms with Gasteiger partial charge in [0.05, 0.1) is 15.0 Å². The predicted octanol–water partition coefficient (Wildman–Crippen LogP) is 4.06. The van der Waals surface area contributed by atoms with Crippen molar-refractivity contribution < 1.29 is 4.79 Å². The summed E-state index contributed by atoms with van der Waals surface area (Å²) in [6, 6.07) is 5.47. The van der Waals surface area contributed by atoms with E-state index in [4.69, 9.17) is 11.6 Å². The molecular formula is C11H10BrClN2OS. The molecule has 0 fully saturated rings. The van der Waals surface area contributed by atoms with Crippen molar-refractivity contribution >= 4 is 60.1 Å². The van der Waals surface area contributed by atoms with Crippen molar-refractivity contribution in [3.63, 3.8) is 0 Å². The number of alkyl halides is 1. The lowest BCUT2D eigenvalue weighted by Gasteiger charge is -2.04. The van der Waals surface area contributed by atoms with E-state index < -0.39 is 0 Å². The fourth-order valence-electron chi connectivity index (χ4n) is 1.32. The van der Waals surface area contributed by atoms with Crippen molar-refractivity contribution in [2.45, 2.75) is 18.2 Å². The summed E-state index contributed by atoms with van der Waals surface area (Å²) in [5, 5.41) is 4.05. The molecule has 1 aromatic carbocycles. The van der Waals surface area contributed by atoms with Gasteiger partial charge in [0.1, 0.15) is 0 Å². The number of rotatable bonds is 3. The number of hydrogen-bond donors (Lipinski definition) is 1. The van der Waals surface area contributed by atoms with Crippen molar-refractivity contribution in [2.24, 2.45) is 0 Å². The Balaban J connectivity index is 2.22. The van der Waals surface area contributed by atoms with Crippen molar-refractivity contribution in [3.05, 3.63) is 23.2 Å². The summed E-state index contributed by atoms with van der Waals surface area (Å²) in [6.07, 6.45) is 0.739. The third-order valence-corrected chi connectivity index (χ3v) is 4.46. The van der Waals surface area contributed by atoms with E-state index in [1.807, 2.05) is 19.1 Å². The lowest BCUT2D eigenvalue weighted by Crippen LogP contribution is -2.21. The van der Waals surface area contributed by atoms with Crippen LogP contribution in [-0.4, -0.2) is 15.7 Å². The van der Waals surface area contributed by atoms with Crippen molar-refractivity contribution in [1.82, 2.24) is 4.98 Å². The minimum Gasteiger partial charge on any atom is -0.301 e. The van der Waals surface area contributed by atoms with Crippen molar-refractivity contribution in [2.75, 3.05) is 5.32 Å². The number of fused-ring (bicyclic) bond motifs is 1. The molecule has 1 heterocycles. The van der Waals surface area contributed by atoms with Gasteiger partial charge in [-0.05, 0) is 24.6 Å². The highest BCUT2D eigenvalue weighted by Gasteiger charge is 2.14. The molecule has 0 aliphatic heterocycles. The zero-order valence-corrected chi connectivity index (χ0v) is 12.2. The standard InChI is InChI=1S/C11H10BrClN2OS/c1-2-7(12)10(16)15-11-14-8-4-3-6(13)5-9(8)17-11/h3-5,7H,2H2,1H3,(H,14,15,16). The van der Waals surface area contributed by atoms with E-state index in [9.17, 15) is 4.79 Å². The van der Waals surface area contributed by atoms with Gasteiger partial charge in [0.2, 0.25) is 5.91 Å². The van der Waals surface area contributed by atoms with Crippen LogP contribution in [-0.2, 0) is 4.79 Å². The van der Waals surface area contributed by atoms with Crippen LogP contribution in [0.2, 0.25) is 5.02 Å². The molecule has 1 atom stereocenters. The summed E-state index contributed by atoms with van der Waals surface area (Å²) in [7, 11) is 0. The summed E-state index contributed by atoms with van der Waals surface area (Å²) in [5.41, 5.74) is 0.845. The number of benzene rings is 1. The molecule has 3 nitrogen and oxygen atoms in total. The molecule has 1 aromatic heterocycles. The topological polar surface area (TPSA) is 42.0 Å². The average molecular weight is 334 g/mol. The second-order valence-electron chi connectivity index (χ2n) is 3.50. The molecule has 0 aliphatic rings. The Hall–Kier alpha value is -0.650. The Kier molecular flexibility index (Phi) is 4.01. The Morgan fingerprint density at radius 1 is 1.65 bits per heavy atom. The first-order chi connectivity index (χ1) is 8.10. The lowest BCUT2D eigenvalue weighted by molar-refractivity contribution is -0.115. The van der Waals surface area contributed by atoms with E-state index >= 15 is 0 Å². The fourth-order valence-corrected chi connectivity index (χ4v) is 2.58. The number of anilines is 1. The van der Waals surface area contributed by atoms with Crippen molar-refractivity contribution in [3.8, 4) is 0 Å². The van der Waals surface area contributed by atoms with Crippen LogP contribution in [0.25, 0.3) is 10.2 Å². The number of nitrogens with zero attached hydrogens (tertiary/aromatic N) is 1. The first kappa shape index (κ1) is 12.8. The smallest absolute Gasteiger partial charge is 0.239 e. The number of carbonyl (C=O) groups excluding carboxylic acids is 1.